The molecule has 1 aromatic heterocycles. The monoisotopic (exact) mass is 1030 g/mol. The minimum absolute atomic E-state index is 0.0493. The van der Waals surface area contributed by atoms with Crippen LogP contribution in [0.1, 0.15) is 259 Å². The van der Waals surface area contributed by atoms with Gasteiger partial charge in [-0.1, -0.05) is 212 Å². The van der Waals surface area contributed by atoms with E-state index in [4.69, 9.17) is 14.2 Å². The maximum Gasteiger partial charge on any atom is 0.361 e. The van der Waals surface area contributed by atoms with Gasteiger partial charge in [-0.15, -0.1) is 5.10 Å². The maximum absolute atomic E-state index is 14.2. The summed E-state index contributed by atoms with van der Waals surface area (Å²) in [6.07, 6.45) is 37.9. The largest absolute Gasteiger partial charge is 0.461 e. The van der Waals surface area contributed by atoms with E-state index in [1.807, 2.05) is 0 Å². The highest BCUT2D eigenvalue weighted by atomic mass is 32.2. The van der Waals surface area contributed by atoms with Gasteiger partial charge in [0.1, 0.15) is 16.7 Å². The molecule has 406 valence electrons. The van der Waals surface area contributed by atoms with Crippen LogP contribution in [0, 0.1) is 10.1 Å². The molecule has 4 rings (SSSR count). The molecular formula is C55H89N5O11S. The van der Waals surface area contributed by atoms with E-state index in [2.05, 4.69) is 24.2 Å². The fraction of sp³-hybridized carbons (Fsp3) is 0.782. The van der Waals surface area contributed by atoms with Crippen LogP contribution in [-0.2, 0) is 46.8 Å². The van der Waals surface area contributed by atoms with Crippen LogP contribution < -0.4 is 0 Å². The zero-order valence-corrected chi connectivity index (χ0v) is 45.1. The molecule has 0 bridgehead atoms. The Morgan fingerprint density at radius 3 is 1.44 bits per heavy atom. The first kappa shape index (κ1) is 60.1. The molecule has 17 heteroatoms. The van der Waals surface area contributed by atoms with Crippen LogP contribution in [0.4, 0.5) is 5.69 Å². The van der Waals surface area contributed by atoms with Crippen LogP contribution in [0.15, 0.2) is 24.3 Å². The van der Waals surface area contributed by atoms with E-state index >= 15 is 0 Å². The minimum atomic E-state index is -4.32. The number of ether oxygens (including phenoxy) is 3. The van der Waals surface area contributed by atoms with Crippen LogP contribution in [0.5, 0.6) is 0 Å². The Balaban J connectivity index is 1.31. The molecule has 0 radical (unpaired) electrons. The third kappa shape index (κ3) is 19.1. The van der Waals surface area contributed by atoms with Gasteiger partial charge in [0.05, 0.1) is 31.1 Å². The van der Waals surface area contributed by atoms with Gasteiger partial charge in [-0.3, -0.25) is 14.9 Å². The minimum Gasteiger partial charge on any atom is -0.461 e. The van der Waals surface area contributed by atoms with Crippen molar-refractivity contribution in [3.8, 4) is 0 Å². The Morgan fingerprint density at radius 2 is 1.04 bits per heavy atom. The summed E-state index contributed by atoms with van der Waals surface area (Å²) in [4.78, 5) is 65.9. The number of amides is 1. The zero-order valence-electron chi connectivity index (χ0n) is 44.3. The zero-order chi connectivity index (χ0) is 52.0. The summed E-state index contributed by atoms with van der Waals surface area (Å²) in [6.45, 7) is 4.92. The highest BCUT2D eigenvalue weighted by molar-refractivity contribution is 7.93. The number of β-lactam (4-membered cyclic amide) rings is 1. The smallest absolute Gasteiger partial charge is 0.361 e. The second kappa shape index (κ2) is 33.4. The lowest BCUT2D eigenvalue weighted by Crippen LogP contribution is -2.58. The molecule has 16 nitrogen and oxygen atoms in total. The molecule has 0 aliphatic carbocycles. The van der Waals surface area contributed by atoms with Gasteiger partial charge in [0.25, 0.3) is 5.69 Å². The fourth-order valence-corrected chi connectivity index (χ4v) is 12.4. The van der Waals surface area contributed by atoms with Crippen molar-refractivity contribution in [1.29, 1.82) is 0 Å². The number of carbonyl (C=O) groups is 4. The van der Waals surface area contributed by atoms with Crippen LogP contribution >= 0.6 is 0 Å². The molecule has 2 aliphatic heterocycles. The Hall–Kier alpha value is -4.41. The Morgan fingerprint density at radius 1 is 0.639 bits per heavy atom. The first-order valence-corrected chi connectivity index (χ1v) is 29.6. The summed E-state index contributed by atoms with van der Waals surface area (Å²) in [6, 6.07) is 3.66. The Labute approximate surface area is 430 Å². The molecular weight excluding hydrogens is 939 g/mol. The summed E-state index contributed by atoms with van der Waals surface area (Å²) in [5.74, 6) is -3.44. The summed E-state index contributed by atoms with van der Waals surface area (Å²) in [7, 11) is -4.32. The second-order valence-corrected chi connectivity index (χ2v) is 23.1. The van der Waals surface area contributed by atoms with Gasteiger partial charge in [-0.05, 0) is 37.5 Å². The number of benzene rings is 1. The van der Waals surface area contributed by atoms with Crippen molar-refractivity contribution in [2.45, 2.75) is 262 Å². The molecule has 1 aromatic carbocycles. The number of esters is 3. The highest BCUT2D eigenvalue weighted by Gasteiger charge is 2.70. The van der Waals surface area contributed by atoms with E-state index in [1.54, 1.807) is 0 Å². The normalized spacial score (nSPS) is 17.9. The number of nitro benzene ring substituents is 1. The number of nitro groups is 1. The number of non-ortho nitro benzene ring substituents is 1. The van der Waals surface area contributed by atoms with E-state index in [-0.39, 0.29) is 31.9 Å². The van der Waals surface area contributed by atoms with Crippen molar-refractivity contribution in [3.05, 3.63) is 51.3 Å². The number of fused-ring (bicyclic) bond motifs is 1. The van der Waals surface area contributed by atoms with Crippen LogP contribution in [0.3, 0.4) is 0 Å². The van der Waals surface area contributed by atoms with Gasteiger partial charge in [-0.2, -0.15) is 0 Å². The number of carbonyl (C=O) groups excluding carboxylic acids is 4. The maximum atomic E-state index is 14.2. The Bertz CT molecular complexity index is 2040. The number of hydrogen-bond donors (Lipinski definition) is 0. The van der Waals surface area contributed by atoms with E-state index in [0.29, 0.717) is 18.4 Å². The standard InChI is InChI=1S/C55H89N5O11S/c1-4-6-8-10-12-14-16-18-20-22-24-26-28-30-32-34-40-69-52(62)49-50(53(63)70-41-35-33-31-29-27-25-23-21-19-17-15-13-11-9-7-5-2)58(57-56-49)44-55(3)51(59-47(61)42-48(59)72(55,67)68)54(64)71-43-45-36-38-46(39-37-45)60(65)66/h36-39,48,51H,4-35,40-44H2,1-3H3/t48-,51+,55+/m1/s1. The summed E-state index contributed by atoms with van der Waals surface area (Å²) < 4.78 is 44.2. The van der Waals surface area contributed by atoms with Crippen molar-refractivity contribution in [2.24, 2.45) is 0 Å². The third-order valence-electron chi connectivity index (χ3n) is 14.6. The molecule has 1 amide bonds. The molecule has 2 aliphatic rings. The van der Waals surface area contributed by atoms with E-state index < -0.39 is 72.7 Å². The predicted octanol–water partition coefficient (Wildman–Crippen LogP) is 12.9. The molecule has 3 heterocycles. The lowest BCUT2D eigenvalue weighted by molar-refractivity contribution is -0.384. The molecule has 0 unspecified atom stereocenters. The lowest BCUT2D eigenvalue weighted by Gasteiger charge is -2.36. The summed E-state index contributed by atoms with van der Waals surface area (Å²) in [5.41, 5.74) is -0.599. The third-order valence-corrected chi connectivity index (χ3v) is 17.4. The number of nitrogens with zero attached hydrogens (tertiary/aromatic N) is 5. The summed E-state index contributed by atoms with van der Waals surface area (Å²) >= 11 is 0. The van der Waals surface area contributed by atoms with Crippen LogP contribution in [-0.4, -0.2) is 86.4 Å². The van der Waals surface area contributed by atoms with Gasteiger partial charge in [0, 0.05) is 12.1 Å². The van der Waals surface area contributed by atoms with Crippen molar-refractivity contribution >= 4 is 39.3 Å². The average Bonchev–Trinajstić information content (AvgIpc) is 3.84. The molecule has 2 fully saturated rings. The topological polar surface area (TPSA) is 207 Å². The molecule has 0 saturated carbocycles. The number of unbranched alkanes of at least 4 members (excludes halogenated alkanes) is 30. The van der Waals surface area contributed by atoms with Crippen molar-refractivity contribution in [3.63, 3.8) is 0 Å². The van der Waals surface area contributed by atoms with Gasteiger partial charge in [-0.25, -0.2) is 27.5 Å². The van der Waals surface area contributed by atoms with Gasteiger partial charge >= 0.3 is 17.9 Å². The van der Waals surface area contributed by atoms with Crippen molar-refractivity contribution < 1.29 is 46.7 Å². The molecule has 3 atom stereocenters. The quantitative estimate of drug-likeness (QED) is 0.0152. The fourth-order valence-electron chi connectivity index (χ4n) is 10.0. The molecule has 2 aromatic rings. The van der Waals surface area contributed by atoms with Gasteiger partial charge in [0.15, 0.2) is 21.6 Å². The lowest BCUT2D eigenvalue weighted by atomic mass is 9.96. The highest BCUT2D eigenvalue weighted by Crippen LogP contribution is 2.47. The van der Waals surface area contributed by atoms with E-state index in [1.165, 1.54) is 179 Å². The number of rotatable bonds is 42. The molecule has 0 N–H and O–H groups in total. The number of sulfone groups is 1. The molecule has 0 spiro atoms. The first-order chi connectivity index (χ1) is 34.9. The summed E-state index contributed by atoms with van der Waals surface area (Å²) in [5, 5.41) is 17.9. The first-order valence-electron chi connectivity index (χ1n) is 28.1. The second-order valence-electron chi connectivity index (χ2n) is 20.6. The molecule has 2 saturated heterocycles. The average molecular weight is 1030 g/mol. The van der Waals surface area contributed by atoms with Gasteiger partial charge < -0.3 is 19.1 Å². The Kier molecular flexibility index (Phi) is 27.9. The molecule has 72 heavy (non-hydrogen) atoms. The van der Waals surface area contributed by atoms with E-state index in [9.17, 15) is 37.7 Å². The number of aromatic nitrogens is 3. The predicted molar refractivity (Wildman–Crippen MR) is 279 cm³/mol. The SMILES string of the molecule is CCCCCCCCCCCCCCCCCCOC(=O)c1nnn(C[C@@]2(C)[C@H](C(=O)OCc3ccc([N+](=O)[O-])cc3)N3C(=O)C[C@H]3S2(=O)=O)c1C(=O)OCCCCCCCCCCCCCCCCCC. The van der Waals surface area contributed by atoms with Gasteiger partial charge in [0.2, 0.25) is 11.6 Å². The van der Waals surface area contributed by atoms with Crippen LogP contribution in [0.2, 0.25) is 0 Å². The van der Waals surface area contributed by atoms with Crippen LogP contribution in [0.25, 0.3) is 0 Å². The van der Waals surface area contributed by atoms with E-state index in [0.717, 1.165) is 54.5 Å². The van der Waals surface area contributed by atoms with Crippen molar-refractivity contribution in [2.75, 3.05) is 13.2 Å². The number of hydrogen-bond acceptors (Lipinski definition) is 13. The van der Waals surface area contributed by atoms with Crippen molar-refractivity contribution in [1.82, 2.24) is 19.9 Å².